The van der Waals surface area contributed by atoms with Crippen molar-refractivity contribution in [1.82, 2.24) is 20.4 Å². The monoisotopic (exact) mass is 652 g/mol. The van der Waals surface area contributed by atoms with Crippen LogP contribution in [0, 0.1) is 6.92 Å². The van der Waals surface area contributed by atoms with Crippen molar-refractivity contribution in [2.24, 2.45) is 0 Å². The lowest BCUT2D eigenvalue weighted by Gasteiger charge is -2.49. The van der Waals surface area contributed by atoms with E-state index in [-0.39, 0.29) is 11.4 Å². The molecule has 2 aliphatic rings. The fourth-order valence-electron chi connectivity index (χ4n) is 4.82. The van der Waals surface area contributed by atoms with Crippen LogP contribution in [-0.4, -0.2) is 60.4 Å². The van der Waals surface area contributed by atoms with Crippen LogP contribution in [0.3, 0.4) is 0 Å². The van der Waals surface area contributed by atoms with Gasteiger partial charge in [-0.05, 0) is 67.9 Å². The van der Waals surface area contributed by atoms with Gasteiger partial charge in [-0.1, -0.05) is 83.8 Å². The number of aromatic nitrogens is 2. The molecule has 0 aliphatic carbocycles. The summed E-state index contributed by atoms with van der Waals surface area (Å²) in [6.07, 6.45) is 0.160. The lowest BCUT2D eigenvalue weighted by molar-refractivity contribution is -0.154. The normalized spacial score (nSPS) is 20.2. The predicted molar refractivity (Wildman–Crippen MR) is 169 cm³/mol. The van der Waals surface area contributed by atoms with E-state index >= 15 is 0 Å². The molecule has 44 heavy (non-hydrogen) atoms. The van der Waals surface area contributed by atoms with Gasteiger partial charge in [0.2, 0.25) is 5.37 Å². The summed E-state index contributed by atoms with van der Waals surface area (Å²) in [5.74, 6) is -1.35. The number of thioether (sulfide) groups is 1. The molecule has 2 amide bonds. The van der Waals surface area contributed by atoms with Crippen LogP contribution in [0.15, 0.2) is 87.3 Å². The highest BCUT2D eigenvalue weighted by Gasteiger charge is 2.61. The first-order chi connectivity index (χ1) is 20.9. The van der Waals surface area contributed by atoms with Gasteiger partial charge in [-0.3, -0.25) is 9.69 Å². The highest BCUT2D eigenvalue weighted by Crippen LogP contribution is 2.40. The van der Waals surface area contributed by atoms with E-state index in [1.54, 1.807) is 26.8 Å². The van der Waals surface area contributed by atoms with Crippen LogP contribution in [0.5, 0.6) is 0 Å². The quantitative estimate of drug-likeness (QED) is 0.150. The number of alkyl carbamates (subject to hydrolysis) is 1. The molecule has 3 atom stereocenters. The zero-order valence-electron chi connectivity index (χ0n) is 24.8. The Morgan fingerprint density at radius 2 is 1.73 bits per heavy atom. The highest BCUT2D eigenvalue weighted by atomic mass is 32.2. The summed E-state index contributed by atoms with van der Waals surface area (Å²) in [7, 11) is 0. The second-order valence-electron chi connectivity index (χ2n) is 11.2. The molecule has 1 fully saturated rings. The molecule has 1 aromatic heterocycles. The molecule has 10 nitrogen and oxygen atoms in total. The van der Waals surface area contributed by atoms with Gasteiger partial charge in [0.25, 0.3) is 5.91 Å². The molecular weight excluding hydrogens is 621 g/mol. The molecule has 5 rings (SSSR count). The summed E-state index contributed by atoms with van der Waals surface area (Å²) in [5, 5.41) is 10.6. The number of allylic oxidation sites excluding steroid dienone is 2. The first-order valence-electron chi connectivity index (χ1n) is 13.8. The zero-order valence-corrected chi connectivity index (χ0v) is 27.3. The average Bonchev–Trinajstić information content (AvgIpc) is 3.38. The van der Waals surface area contributed by atoms with Crippen molar-refractivity contribution in [3.63, 3.8) is 0 Å². The molecule has 3 unspecified atom stereocenters. The molecule has 2 aliphatic heterocycles. The van der Waals surface area contributed by atoms with Crippen molar-refractivity contribution >= 4 is 52.2 Å². The van der Waals surface area contributed by atoms with E-state index in [0.717, 1.165) is 21.0 Å². The maximum absolute atomic E-state index is 14.1. The van der Waals surface area contributed by atoms with E-state index in [1.807, 2.05) is 74.5 Å². The summed E-state index contributed by atoms with van der Waals surface area (Å²) in [6, 6.07) is 17.5. The number of fused-ring (bicyclic) bond motifs is 1. The van der Waals surface area contributed by atoms with Gasteiger partial charge in [-0.2, -0.15) is 0 Å². The smallest absolute Gasteiger partial charge is 0.408 e. The van der Waals surface area contributed by atoms with Crippen molar-refractivity contribution in [1.29, 1.82) is 0 Å². The standard InChI is InChI=1S/C31H32N4O6S3/c1-18(42-30-34-33-19(2)43-30)16-22-17-44(39)27-23(32-29(38)41-31(3,4)5)26(36)35(27)24(22)28(37)40-25(20-12-8-6-9-13-20)21-14-10-7-11-15-21/h6-16,23,25,27H,17H2,1-5H3,(H,32,38)/b18-16+. The number of carbonyl (C=O) groups excluding carboxylic acids is 3. The minimum absolute atomic E-state index is 0.00732. The number of nitrogens with zero attached hydrogens (tertiary/aromatic N) is 3. The Morgan fingerprint density at radius 1 is 1.11 bits per heavy atom. The summed E-state index contributed by atoms with van der Waals surface area (Å²) in [6.45, 7) is 8.81. The summed E-state index contributed by atoms with van der Waals surface area (Å²) in [4.78, 5) is 42.1. The number of carbonyl (C=O) groups is 3. The number of β-lactam (4-membered cyclic amide) rings is 1. The number of esters is 1. The van der Waals surface area contributed by atoms with E-state index in [1.165, 1.54) is 28.0 Å². The molecule has 0 saturated carbocycles. The molecule has 1 N–H and O–H groups in total. The van der Waals surface area contributed by atoms with E-state index < -0.39 is 52.3 Å². The maximum atomic E-state index is 14.1. The average molecular weight is 653 g/mol. The molecule has 0 spiro atoms. The first-order valence-corrected chi connectivity index (χ1v) is 16.8. The highest BCUT2D eigenvalue weighted by molar-refractivity contribution is 8.04. The number of aryl methyl sites for hydroxylation is 1. The summed E-state index contributed by atoms with van der Waals surface area (Å²) >= 11 is 1.15. The van der Waals surface area contributed by atoms with Crippen molar-refractivity contribution < 1.29 is 28.4 Å². The minimum atomic E-state index is -1.64. The SMILES string of the molecule is C/C(=C\C1=C(C(=O)OC(c2ccccc2)c2ccccc2)N2C(=O)C(NC(=O)OC(C)(C)C)C2[S+]([O-])C1)Sc1nnc(C)s1. The second-order valence-corrected chi connectivity index (χ2v) is 15.4. The van der Waals surface area contributed by atoms with Gasteiger partial charge >= 0.3 is 12.1 Å². The molecule has 230 valence electrons. The van der Waals surface area contributed by atoms with Crippen LogP contribution >= 0.6 is 23.1 Å². The Hall–Kier alpha value is -3.65. The van der Waals surface area contributed by atoms with E-state index in [0.29, 0.717) is 9.91 Å². The third kappa shape index (κ3) is 7.17. The van der Waals surface area contributed by atoms with Crippen molar-refractivity contribution in [2.75, 3.05) is 5.75 Å². The predicted octanol–water partition coefficient (Wildman–Crippen LogP) is 5.25. The number of ether oxygens (including phenoxy) is 2. The van der Waals surface area contributed by atoms with Crippen LogP contribution in [0.25, 0.3) is 0 Å². The van der Waals surface area contributed by atoms with Crippen LogP contribution in [0.1, 0.15) is 49.9 Å². The van der Waals surface area contributed by atoms with Crippen molar-refractivity contribution in [2.45, 2.75) is 62.1 Å². The molecule has 3 heterocycles. The van der Waals surface area contributed by atoms with Gasteiger partial charge in [0.05, 0.1) is 0 Å². The Kier molecular flexibility index (Phi) is 9.49. The third-order valence-electron chi connectivity index (χ3n) is 6.58. The number of nitrogens with one attached hydrogen (secondary N) is 1. The second kappa shape index (κ2) is 13.1. The number of hydrogen-bond donors (Lipinski definition) is 1. The number of hydrogen-bond acceptors (Lipinski definition) is 10. The summed E-state index contributed by atoms with van der Waals surface area (Å²) in [5.41, 5.74) is 1.09. The van der Waals surface area contributed by atoms with Gasteiger partial charge in [0.1, 0.15) is 22.1 Å². The van der Waals surface area contributed by atoms with Crippen LogP contribution in [0.4, 0.5) is 4.79 Å². The minimum Gasteiger partial charge on any atom is -0.614 e. The Morgan fingerprint density at radius 3 is 2.27 bits per heavy atom. The van der Waals surface area contributed by atoms with Crippen LogP contribution in [-0.2, 0) is 30.2 Å². The van der Waals surface area contributed by atoms with Crippen molar-refractivity contribution in [3.8, 4) is 0 Å². The Labute approximate surface area is 267 Å². The van der Waals surface area contributed by atoms with Crippen LogP contribution < -0.4 is 5.32 Å². The Bertz CT molecular complexity index is 1560. The third-order valence-corrected chi connectivity index (χ3v) is 10.0. The first kappa shape index (κ1) is 31.8. The molecule has 1 saturated heterocycles. The fraction of sp³-hybridized carbons (Fsp3) is 0.323. The number of benzene rings is 2. The Balaban J connectivity index is 1.50. The lowest BCUT2D eigenvalue weighted by atomic mass is 10.0. The molecule has 0 bridgehead atoms. The van der Waals surface area contributed by atoms with Crippen LogP contribution in [0.2, 0.25) is 0 Å². The fourth-order valence-corrected chi connectivity index (χ4v) is 8.35. The van der Waals surface area contributed by atoms with Gasteiger partial charge in [0, 0.05) is 5.57 Å². The maximum Gasteiger partial charge on any atom is 0.408 e. The van der Waals surface area contributed by atoms with Gasteiger partial charge in [-0.25, -0.2) is 9.59 Å². The molecule has 0 radical (unpaired) electrons. The van der Waals surface area contributed by atoms with Gasteiger partial charge < -0.3 is 19.3 Å². The molecule has 13 heteroatoms. The molecule has 2 aromatic carbocycles. The molecule has 3 aromatic rings. The van der Waals surface area contributed by atoms with E-state index in [2.05, 4.69) is 15.5 Å². The van der Waals surface area contributed by atoms with Gasteiger partial charge in [0.15, 0.2) is 16.5 Å². The molecular formula is C31H32N4O6S3. The topological polar surface area (TPSA) is 134 Å². The lowest BCUT2D eigenvalue weighted by Crippen LogP contribution is -2.75. The zero-order chi connectivity index (χ0) is 31.6. The number of amides is 2. The van der Waals surface area contributed by atoms with E-state index in [4.69, 9.17) is 9.47 Å². The van der Waals surface area contributed by atoms with Crippen molar-refractivity contribution in [3.05, 3.63) is 99.0 Å². The van der Waals surface area contributed by atoms with E-state index in [9.17, 15) is 18.9 Å². The largest absolute Gasteiger partial charge is 0.614 e. The summed E-state index contributed by atoms with van der Waals surface area (Å²) < 4.78 is 25.7. The number of rotatable bonds is 8. The van der Waals surface area contributed by atoms with Gasteiger partial charge in [-0.15, -0.1) is 10.2 Å².